The number of esters is 1. The van der Waals surface area contributed by atoms with Gasteiger partial charge in [-0.05, 0) is 77.0 Å². The van der Waals surface area contributed by atoms with Gasteiger partial charge in [-0.15, -0.1) is 0 Å². The van der Waals surface area contributed by atoms with Gasteiger partial charge in [-0.2, -0.15) is 0 Å². The van der Waals surface area contributed by atoms with Crippen molar-refractivity contribution in [2.75, 3.05) is 13.2 Å². The molecule has 1 amide bonds. The lowest BCUT2D eigenvalue weighted by atomic mass is 10.0. The average Bonchev–Trinajstić information content (AvgIpc) is 3.33. The Morgan fingerprint density at radius 3 is 1.19 bits per heavy atom. The zero-order valence-electron chi connectivity index (χ0n) is 44.9. The molecule has 0 aromatic rings. The van der Waals surface area contributed by atoms with Crippen LogP contribution in [0.2, 0.25) is 0 Å². The molecular weight excluding hydrogens is 827 g/mol. The van der Waals surface area contributed by atoms with Gasteiger partial charge in [0, 0.05) is 12.8 Å². The van der Waals surface area contributed by atoms with Crippen LogP contribution in [0.3, 0.4) is 0 Å². The molecule has 0 aliphatic rings. The number of rotatable bonds is 55. The van der Waals surface area contributed by atoms with Crippen molar-refractivity contribution in [3.8, 4) is 0 Å². The molecular formula is C61H115NO5. The maximum atomic E-state index is 12.5. The highest BCUT2D eigenvalue weighted by Gasteiger charge is 2.20. The van der Waals surface area contributed by atoms with Crippen molar-refractivity contribution >= 4 is 11.9 Å². The van der Waals surface area contributed by atoms with Gasteiger partial charge in [0.15, 0.2) is 0 Å². The van der Waals surface area contributed by atoms with Gasteiger partial charge in [0.05, 0.1) is 25.4 Å². The molecule has 2 unspecified atom stereocenters. The molecule has 6 nitrogen and oxygen atoms in total. The second-order valence-electron chi connectivity index (χ2n) is 20.3. The molecule has 6 heteroatoms. The van der Waals surface area contributed by atoms with E-state index in [1.54, 1.807) is 0 Å². The van der Waals surface area contributed by atoms with Gasteiger partial charge in [0.2, 0.25) is 5.91 Å². The number of allylic oxidation sites excluding steroid dienone is 6. The third kappa shape index (κ3) is 53.3. The smallest absolute Gasteiger partial charge is 0.305 e. The van der Waals surface area contributed by atoms with Crippen molar-refractivity contribution in [1.29, 1.82) is 0 Å². The van der Waals surface area contributed by atoms with Crippen molar-refractivity contribution in [3.63, 3.8) is 0 Å². The Bertz CT molecular complexity index is 1090. The Labute approximate surface area is 417 Å². The molecule has 67 heavy (non-hydrogen) atoms. The van der Waals surface area contributed by atoms with E-state index in [0.29, 0.717) is 25.9 Å². The van der Waals surface area contributed by atoms with E-state index in [4.69, 9.17) is 4.74 Å². The van der Waals surface area contributed by atoms with Crippen molar-refractivity contribution in [3.05, 3.63) is 36.5 Å². The lowest BCUT2D eigenvalue weighted by molar-refractivity contribution is -0.143. The molecule has 0 rings (SSSR count). The van der Waals surface area contributed by atoms with Crippen LogP contribution in [0.5, 0.6) is 0 Å². The highest BCUT2D eigenvalue weighted by atomic mass is 16.5. The Hall–Kier alpha value is -1.92. The van der Waals surface area contributed by atoms with E-state index in [2.05, 4.69) is 55.6 Å². The molecule has 0 radical (unpaired) electrons. The average molecular weight is 943 g/mol. The number of carbonyl (C=O) groups is 2. The van der Waals surface area contributed by atoms with E-state index < -0.39 is 12.1 Å². The first-order chi connectivity index (χ1) is 33.0. The van der Waals surface area contributed by atoms with Crippen LogP contribution in [0, 0.1) is 0 Å². The third-order valence-electron chi connectivity index (χ3n) is 13.7. The topological polar surface area (TPSA) is 95.9 Å². The lowest BCUT2D eigenvalue weighted by Crippen LogP contribution is -2.45. The SMILES string of the molecule is CCCCCC/C=C\C/C=C\CCCCCCCCCC(=O)OCCCCCC/C=C\CCCC(=O)NC(CO)C(O)CCCCCCCCCCCCCCCCCCCCCCCCC. The summed E-state index contributed by atoms with van der Waals surface area (Å²) in [5, 5.41) is 23.3. The number of hydrogen-bond acceptors (Lipinski definition) is 5. The largest absolute Gasteiger partial charge is 0.466 e. The zero-order valence-corrected chi connectivity index (χ0v) is 44.9. The van der Waals surface area contributed by atoms with Gasteiger partial charge in [0.25, 0.3) is 0 Å². The lowest BCUT2D eigenvalue weighted by Gasteiger charge is -2.22. The van der Waals surface area contributed by atoms with Crippen LogP contribution in [0.25, 0.3) is 0 Å². The van der Waals surface area contributed by atoms with E-state index in [1.165, 1.54) is 205 Å². The molecule has 0 aliphatic heterocycles. The molecule has 394 valence electrons. The summed E-state index contributed by atoms with van der Waals surface area (Å²) >= 11 is 0. The Balaban J connectivity index is 3.52. The fraction of sp³-hybridized carbons (Fsp3) is 0.869. The molecule has 0 aliphatic carbocycles. The Morgan fingerprint density at radius 1 is 0.418 bits per heavy atom. The minimum atomic E-state index is -0.698. The summed E-state index contributed by atoms with van der Waals surface area (Å²) < 4.78 is 5.45. The number of hydrogen-bond donors (Lipinski definition) is 3. The van der Waals surface area contributed by atoms with Gasteiger partial charge >= 0.3 is 5.97 Å². The molecule has 0 bridgehead atoms. The van der Waals surface area contributed by atoms with Crippen LogP contribution < -0.4 is 5.32 Å². The number of amides is 1. The summed E-state index contributed by atoms with van der Waals surface area (Å²) in [4.78, 5) is 24.6. The van der Waals surface area contributed by atoms with Gasteiger partial charge in [-0.3, -0.25) is 9.59 Å². The van der Waals surface area contributed by atoms with E-state index in [1.807, 2.05) is 0 Å². The molecule has 0 saturated heterocycles. The first-order valence-corrected chi connectivity index (χ1v) is 29.7. The summed E-state index contributed by atoms with van der Waals surface area (Å²) in [5.41, 5.74) is 0. The summed E-state index contributed by atoms with van der Waals surface area (Å²) in [5.74, 6) is -0.136. The van der Waals surface area contributed by atoms with Crippen molar-refractivity contribution < 1.29 is 24.5 Å². The standard InChI is InChI=1S/C61H115NO5/c1-3-5-7-9-11-13-15-17-19-21-23-24-25-26-27-28-30-32-34-37-41-45-49-53-59(64)58(57-63)62-60(65)54-50-46-42-38-36-40-44-48-52-56-67-61(66)55-51-47-43-39-35-33-31-29-22-20-18-16-14-12-10-8-6-4-2/h14,16,20,22,38,42,58-59,63-64H,3-13,15,17-19,21,23-37,39-41,43-57H2,1-2H3,(H,62,65)/b16-14-,22-20-,42-38-. The second kappa shape index (κ2) is 56.7. The van der Waals surface area contributed by atoms with Crippen LogP contribution >= 0.6 is 0 Å². The normalized spacial score (nSPS) is 12.8. The maximum Gasteiger partial charge on any atom is 0.305 e. The number of aliphatic hydroxyl groups excluding tert-OH is 2. The van der Waals surface area contributed by atoms with Gasteiger partial charge in [-0.25, -0.2) is 0 Å². The van der Waals surface area contributed by atoms with Crippen LogP contribution in [0.1, 0.15) is 316 Å². The second-order valence-corrected chi connectivity index (χ2v) is 20.3. The highest BCUT2D eigenvalue weighted by molar-refractivity contribution is 5.76. The fourth-order valence-electron chi connectivity index (χ4n) is 9.09. The predicted octanol–water partition coefficient (Wildman–Crippen LogP) is 18.4. The van der Waals surface area contributed by atoms with Crippen LogP contribution in [0.15, 0.2) is 36.5 Å². The van der Waals surface area contributed by atoms with Gasteiger partial charge < -0.3 is 20.3 Å². The van der Waals surface area contributed by atoms with Crippen molar-refractivity contribution in [2.24, 2.45) is 0 Å². The minimum Gasteiger partial charge on any atom is -0.466 e. The van der Waals surface area contributed by atoms with Crippen LogP contribution in [-0.2, 0) is 14.3 Å². The summed E-state index contributed by atoms with van der Waals surface area (Å²) in [6, 6.07) is -0.582. The van der Waals surface area contributed by atoms with Crippen molar-refractivity contribution in [2.45, 2.75) is 328 Å². The Morgan fingerprint density at radius 2 is 0.761 bits per heavy atom. The first-order valence-electron chi connectivity index (χ1n) is 29.7. The summed E-state index contributed by atoms with van der Waals surface area (Å²) in [6.45, 7) is 4.86. The molecule has 0 fully saturated rings. The third-order valence-corrected chi connectivity index (χ3v) is 13.7. The molecule has 0 aromatic carbocycles. The van der Waals surface area contributed by atoms with E-state index in [-0.39, 0.29) is 18.5 Å². The maximum absolute atomic E-state index is 12.5. The van der Waals surface area contributed by atoms with Crippen LogP contribution in [-0.4, -0.2) is 47.4 Å². The highest BCUT2D eigenvalue weighted by Crippen LogP contribution is 2.17. The van der Waals surface area contributed by atoms with Crippen molar-refractivity contribution in [1.82, 2.24) is 5.32 Å². The number of ether oxygens (including phenoxy) is 1. The van der Waals surface area contributed by atoms with E-state index in [0.717, 1.165) is 77.0 Å². The number of carbonyl (C=O) groups excluding carboxylic acids is 2. The molecule has 0 saturated carbocycles. The zero-order chi connectivity index (χ0) is 48.6. The summed E-state index contributed by atoms with van der Waals surface area (Å²) in [7, 11) is 0. The molecule has 2 atom stereocenters. The van der Waals surface area contributed by atoms with Gasteiger partial charge in [0.1, 0.15) is 0 Å². The molecule has 3 N–H and O–H groups in total. The fourth-order valence-corrected chi connectivity index (χ4v) is 9.09. The molecule has 0 spiro atoms. The minimum absolute atomic E-state index is 0.0423. The number of aliphatic hydroxyl groups is 2. The predicted molar refractivity (Wildman–Crippen MR) is 292 cm³/mol. The molecule has 0 heterocycles. The monoisotopic (exact) mass is 942 g/mol. The van der Waals surface area contributed by atoms with Crippen LogP contribution in [0.4, 0.5) is 0 Å². The quantitative estimate of drug-likeness (QED) is 0.0321. The number of unbranched alkanes of at least 4 members (excludes halogenated alkanes) is 38. The van der Waals surface area contributed by atoms with E-state index >= 15 is 0 Å². The Kier molecular flexibility index (Phi) is 55.0. The summed E-state index contributed by atoms with van der Waals surface area (Å²) in [6.07, 6.45) is 70.0. The van der Waals surface area contributed by atoms with Gasteiger partial charge in [-0.1, -0.05) is 262 Å². The molecule has 0 aromatic heterocycles. The number of nitrogens with one attached hydrogen (secondary N) is 1. The van der Waals surface area contributed by atoms with E-state index in [9.17, 15) is 19.8 Å². The first kappa shape index (κ1) is 65.1.